The van der Waals surface area contributed by atoms with Gasteiger partial charge in [-0.15, -0.1) is 0 Å². The van der Waals surface area contributed by atoms with Crippen molar-refractivity contribution in [2.24, 2.45) is 0 Å². The number of rotatable bonds is 3. The number of hydrazine groups is 1. The molecule has 0 atom stereocenters. The van der Waals surface area contributed by atoms with E-state index in [-0.39, 0.29) is 5.57 Å². The van der Waals surface area contributed by atoms with Crippen LogP contribution >= 0.6 is 15.9 Å². The number of amides is 2. The van der Waals surface area contributed by atoms with Crippen molar-refractivity contribution < 1.29 is 14.0 Å². The van der Waals surface area contributed by atoms with Crippen molar-refractivity contribution in [1.29, 1.82) is 0 Å². The Balaban J connectivity index is 1.91. The van der Waals surface area contributed by atoms with Gasteiger partial charge in [0.2, 0.25) is 0 Å². The summed E-state index contributed by atoms with van der Waals surface area (Å²) < 4.78 is 14.0. The second-order valence-corrected chi connectivity index (χ2v) is 6.91. The first-order valence-electron chi connectivity index (χ1n) is 7.79. The number of nitrogens with zero attached hydrogens (tertiary/aromatic N) is 1. The average molecular weight is 403 g/mol. The van der Waals surface area contributed by atoms with E-state index < -0.39 is 17.6 Å². The molecule has 0 radical (unpaired) electrons. The Hall–Kier alpha value is -2.47. The van der Waals surface area contributed by atoms with E-state index in [2.05, 4.69) is 35.2 Å². The summed E-state index contributed by atoms with van der Waals surface area (Å²) in [6.45, 7) is 4.18. The molecule has 2 amide bonds. The molecule has 1 fully saturated rings. The van der Waals surface area contributed by atoms with Gasteiger partial charge in [0.15, 0.2) is 0 Å². The maximum atomic E-state index is 13.0. The third-order valence-electron chi connectivity index (χ3n) is 3.93. The van der Waals surface area contributed by atoms with Crippen LogP contribution in [-0.4, -0.2) is 11.8 Å². The van der Waals surface area contributed by atoms with Gasteiger partial charge in [-0.25, -0.2) is 9.40 Å². The second-order valence-electron chi connectivity index (χ2n) is 6.05. The summed E-state index contributed by atoms with van der Waals surface area (Å²) >= 11 is 3.52. The van der Waals surface area contributed by atoms with Crippen LogP contribution in [0.1, 0.15) is 30.9 Å². The van der Waals surface area contributed by atoms with Crippen molar-refractivity contribution in [3.63, 3.8) is 0 Å². The van der Waals surface area contributed by atoms with Crippen molar-refractivity contribution in [1.82, 2.24) is 5.43 Å². The largest absolute Gasteiger partial charge is 0.282 e. The van der Waals surface area contributed by atoms with E-state index in [1.807, 2.05) is 18.2 Å². The molecule has 6 heteroatoms. The Morgan fingerprint density at radius 3 is 2.40 bits per heavy atom. The zero-order chi connectivity index (χ0) is 18.1. The van der Waals surface area contributed by atoms with Crippen LogP contribution in [0.4, 0.5) is 10.1 Å². The highest BCUT2D eigenvalue weighted by Gasteiger charge is 2.34. The minimum atomic E-state index is -0.488. The predicted molar refractivity (Wildman–Crippen MR) is 98.2 cm³/mol. The number of carbonyl (C=O) groups excluding carboxylic acids is 2. The van der Waals surface area contributed by atoms with Crippen molar-refractivity contribution in [3.05, 3.63) is 69.5 Å². The summed E-state index contributed by atoms with van der Waals surface area (Å²) in [5, 5.41) is 1.12. The number of hydrogen-bond donors (Lipinski definition) is 1. The van der Waals surface area contributed by atoms with Crippen LogP contribution in [0.2, 0.25) is 0 Å². The number of benzene rings is 2. The second kappa shape index (κ2) is 6.80. The molecule has 1 saturated heterocycles. The SMILES string of the molecule is CC(C)c1ccc(/C=C2/C(=O)NN(c3ccc(F)cc3)C2=O)cc1Br. The monoisotopic (exact) mass is 402 g/mol. The first-order valence-corrected chi connectivity index (χ1v) is 8.58. The van der Waals surface area contributed by atoms with Gasteiger partial charge < -0.3 is 0 Å². The molecular weight excluding hydrogens is 387 g/mol. The molecule has 0 aromatic heterocycles. The van der Waals surface area contributed by atoms with Gasteiger partial charge in [0, 0.05) is 4.47 Å². The molecule has 0 bridgehead atoms. The van der Waals surface area contributed by atoms with E-state index in [1.165, 1.54) is 24.3 Å². The topological polar surface area (TPSA) is 49.4 Å². The molecule has 2 aromatic carbocycles. The fourth-order valence-corrected chi connectivity index (χ4v) is 3.45. The quantitative estimate of drug-likeness (QED) is 0.618. The van der Waals surface area contributed by atoms with Gasteiger partial charge in [-0.1, -0.05) is 41.9 Å². The van der Waals surface area contributed by atoms with Gasteiger partial charge in [0.1, 0.15) is 11.4 Å². The lowest BCUT2D eigenvalue weighted by Gasteiger charge is -2.14. The molecule has 2 aromatic rings. The lowest BCUT2D eigenvalue weighted by atomic mass is 10.0. The number of carbonyl (C=O) groups is 2. The third-order valence-corrected chi connectivity index (χ3v) is 4.62. The molecule has 1 N–H and O–H groups in total. The maximum absolute atomic E-state index is 13.0. The molecule has 1 heterocycles. The van der Waals surface area contributed by atoms with Gasteiger partial charge >= 0.3 is 0 Å². The average Bonchev–Trinajstić information content (AvgIpc) is 2.83. The fraction of sp³-hybridized carbons (Fsp3) is 0.158. The Bertz CT molecular complexity index is 875. The summed E-state index contributed by atoms with van der Waals surface area (Å²) in [5.74, 6) is -1.01. The standard InChI is InChI=1S/C19H16BrFN2O2/c1-11(2)15-8-3-12(10-17(15)20)9-16-18(24)22-23(19(16)25)14-6-4-13(21)5-7-14/h3-11H,1-2H3,(H,22,24)/b16-9-. The summed E-state index contributed by atoms with van der Waals surface area (Å²) in [4.78, 5) is 24.7. The van der Waals surface area contributed by atoms with E-state index in [0.29, 0.717) is 11.6 Å². The first-order chi connectivity index (χ1) is 11.9. The van der Waals surface area contributed by atoms with E-state index in [9.17, 15) is 14.0 Å². The fourth-order valence-electron chi connectivity index (χ4n) is 2.60. The zero-order valence-electron chi connectivity index (χ0n) is 13.7. The number of halogens is 2. The highest BCUT2D eigenvalue weighted by Crippen LogP contribution is 2.27. The van der Waals surface area contributed by atoms with Crippen LogP contribution < -0.4 is 10.4 Å². The molecule has 1 aliphatic rings. The lowest BCUT2D eigenvalue weighted by molar-refractivity contribution is -0.117. The van der Waals surface area contributed by atoms with Crippen LogP contribution in [0.5, 0.6) is 0 Å². The summed E-state index contributed by atoms with van der Waals surface area (Å²) in [6.07, 6.45) is 1.55. The number of nitrogens with one attached hydrogen (secondary N) is 1. The van der Waals surface area contributed by atoms with Crippen molar-refractivity contribution >= 4 is 39.5 Å². The molecule has 1 aliphatic heterocycles. The van der Waals surface area contributed by atoms with Crippen LogP contribution in [0.15, 0.2) is 52.5 Å². The maximum Gasteiger partial charge on any atom is 0.282 e. The molecule has 4 nitrogen and oxygen atoms in total. The number of hydrogen-bond acceptors (Lipinski definition) is 2. The van der Waals surface area contributed by atoms with Crippen molar-refractivity contribution in [2.75, 3.05) is 5.01 Å². The van der Waals surface area contributed by atoms with Crippen molar-refractivity contribution in [3.8, 4) is 0 Å². The summed E-state index contributed by atoms with van der Waals surface area (Å²) in [5.41, 5.74) is 4.83. The van der Waals surface area contributed by atoms with Crippen LogP contribution in [0.25, 0.3) is 6.08 Å². The Morgan fingerprint density at radius 1 is 1.12 bits per heavy atom. The predicted octanol–water partition coefficient (Wildman–Crippen LogP) is 4.17. The van der Waals surface area contributed by atoms with Crippen LogP contribution in [0.3, 0.4) is 0 Å². The molecule has 128 valence electrons. The van der Waals surface area contributed by atoms with Gasteiger partial charge in [0.05, 0.1) is 5.69 Å². The normalized spacial score (nSPS) is 16.0. The molecular formula is C19H16BrFN2O2. The van der Waals surface area contributed by atoms with E-state index in [0.717, 1.165) is 20.6 Å². The Kier molecular flexibility index (Phi) is 4.72. The van der Waals surface area contributed by atoms with E-state index >= 15 is 0 Å². The molecule has 25 heavy (non-hydrogen) atoms. The summed E-state index contributed by atoms with van der Waals surface area (Å²) in [6, 6.07) is 11.1. The van der Waals surface area contributed by atoms with Crippen LogP contribution in [-0.2, 0) is 9.59 Å². The lowest BCUT2D eigenvalue weighted by Crippen LogP contribution is -2.35. The van der Waals surface area contributed by atoms with E-state index in [1.54, 1.807) is 6.08 Å². The molecule has 0 unspecified atom stereocenters. The highest BCUT2D eigenvalue weighted by atomic mass is 79.9. The van der Waals surface area contributed by atoms with Gasteiger partial charge in [-0.2, -0.15) is 0 Å². The third kappa shape index (κ3) is 3.49. The Morgan fingerprint density at radius 2 is 1.80 bits per heavy atom. The smallest absolute Gasteiger partial charge is 0.267 e. The van der Waals surface area contributed by atoms with Gasteiger partial charge in [-0.05, 0) is 53.5 Å². The first kappa shape index (κ1) is 17.4. The number of anilines is 1. The van der Waals surface area contributed by atoms with Gasteiger partial charge in [-0.3, -0.25) is 15.0 Å². The Labute approximate surface area is 153 Å². The van der Waals surface area contributed by atoms with Crippen LogP contribution in [0, 0.1) is 5.82 Å². The highest BCUT2D eigenvalue weighted by molar-refractivity contribution is 9.10. The van der Waals surface area contributed by atoms with Crippen molar-refractivity contribution in [2.45, 2.75) is 19.8 Å². The van der Waals surface area contributed by atoms with E-state index in [4.69, 9.17) is 0 Å². The molecule has 3 rings (SSSR count). The molecule has 0 spiro atoms. The molecule has 0 aliphatic carbocycles. The zero-order valence-corrected chi connectivity index (χ0v) is 15.3. The minimum absolute atomic E-state index is 0.0357. The van der Waals surface area contributed by atoms with Gasteiger partial charge in [0.25, 0.3) is 11.8 Å². The minimum Gasteiger partial charge on any atom is -0.267 e. The summed E-state index contributed by atoms with van der Waals surface area (Å²) in [7, 11) is 0. The molecule has 0 saturated carbocycles.